The average Bonchev–Trinajstić information content (AvgIpc) is 2.71. The number of furan rings is 1. The van der Waals surface area contributed by atoms with E-state index in [1.54, 1.807) is 0 Å². The standard InChI is InChI=1S/C13H18NO2.Li/c1-9(2)7-10-5-6-11(16-10)12-14-13(3,4)8-15-12;/h5,9H,7-8H2,1-4H3;/q-1;+1. The van der Waals surface area contributed by atoms with Gasteiger partial charge in [0.05, 0.1) is 17.9 Å². The zero-order valence-electron chi connectivity index (χ0n) is 11.3. The third-order valence-electron chi connectivity index (χ3n) is 2.37. The Balaban J connectivity index is 0.00000144. The van der Waals surface area contributed by atoms with E-state index in [1.807, 2.05) is 19.9 Å². The zero-order chi connectivity index (χ0) is 11.8. The van der Waals surface area contributed by atoms with E-state index < -0.39 is 0 Å². The summed E-state index contributed by atoms with van der Waals surface area (Å²) in [5, 5.41) is 0. The first-order chi connectivity index (χ1) is 7.46. The largest absolute Gasteiger partial charge is 1.00 e. The van der Waals surface area contributed by atoms with Gasteiger partial charge in [-0.1, -0.05) is 19.8 Å². The molecule has 0 radical (unpaired) electrons. The molecule has 4 heteroatoms. The molecule has 1 aromatic rings. The zero-order valence-corrected chi connectivity index (χ0v) is 11.3. The van der Waals surface area contributed by atoms with Crippen LogP contribution in [-0.2, 0) is 11.2 Å². The summed E-state index contributed by atoms with van der Waals surface area (Å²) in [6, 6.07) is 4.95. The fourth-order valence-electron chi connectivity index (χ4n) is 1.65. The molecule has 3 nitrogen and oxygen atoms in total. The van der Waals surface area contributed by atoms with E-state index in [-0.39, 0.29) is 24.4 Å². The molecule has 1 aliphatic rings. The number of aliphatic imine (C=N–C) groups is 1. The summed E-state index contributed by atoms with van der Waals surface area (Å²) in [5.74, 6) is 2.73. The minimum atomic E-state index is -0.145. The quantitative estimate of drug-likeness (QED) is 0.531. The van der Waals surface area contributed by atoms with Crippen molar-refractivity contribution >= 4 is 5.90 Å². The van der Waals surface area contributed by atoms with Crippen molar-refractivity contribution in [1.29, 1.82) is 0 Å². The molecule has 0 aromatic carbocycles. The molecule has 0 amide bonds. The number of rotatable bonds is 3. The van der Waals surface area contributed by atoms with Gasteiger partial charge in [-0.2, -0.15) is 0 Å². The Kier molecular flexibility index (Phi) is 4.52. The van der Waals surface area contributed by atoms with Crippen molar-refractivity contribution in [3.05, 3.63) is 23.7 Å². The van der Waals surface area contributed by atoms with Gasteiger partial charge in [0.2, 0.25) is 0 Å². The van der Waals surface area contributed by atoms with Gasteiger partial charge in [0, 0.05) is 5.76 Å². The summed E-state index contributed by atoms with van der Waals surface area (Å²) < 4.78 is 11.2. The predicted octanol–water partition coefficient (Wildman–Crippen LogP) is -0.162. The molecule has 0 bridgehead atoms. The van der Waals surface area contributed by atoms with Gasteiger partial charge in [-0.3, -0.25) is 0 Å². The van der Waals surface area contributed by atoms with E-state index >= 15 is 0 Å². The molecule has 1 aliphatic heterocycles. The molecule has 17 heavy (non-hydrogen) atoms. The Morgan fingerprint density at radius 1 is 1.47 bits per heavy atom. The van der Waals surface area contributed by atoms with E-state index in [2.05, 4.69) is 24.9 Å². The minimum absolute atomic E-state index is 0. The third kappa shape index (κ3) is 3.66. The maximum absolute atomic E-state index is 5.66. The van der Waals surface area contributed by atoms with Crippen molar-refractivity contribution < 1.29 is 28.0 Å². The average molecular weight is 227 g/mol. The third-order valence-corrected chi connectivity index (χ3v) is 2.37. The summed E-state index contributed by atoms with van der Waals surface area (Å²) in [6.07, 6.45) is 0.924. The van der Waals surface area contributed by atoms with Gasteiger partial charge in [0.25, 0.3) is 0 Å². The fraction of sp³-hybridized carbons (Fsp3) is 0.615. The van der Waals surface area contributed by atoms with Gasteiger partial charge in [-0.15, -0.1) is 12.1 Å². The first kappa shape index (κ1) is 14.4. The van der Waals surface area contributed by atoms with Crippen LogP contribution in [0.4, 0.5) is 0 Å². The summed E-state index contributed by atoms with van der Waals surface area (Å²) in [4.78, 5) is 4.45. The van der Waals surface area contributed by atoms with Crippen molar-refractivity contribution in [3.8, 4) is 0 Å². The summed E-state index contributed by atoms with van der Waals surface area (Å²) in [5.41, 5.74) is -0.145. The van der Waals surface area contributed by atoms with E-state index in [0.29, 0.717) is 24.2 Å². The van der Waals surface area contributed by atoms with Crippen LogP contribution < -0.4 is 18.9 Å². The number of hydrogen-bond donors (Lipinski definition) is 0. The first-order valence-electron chi connectivity index (χ1n) is 5.70. The molecule has 2 rings (SSSR count). The second-order valence-corrected chi connectivity index (χ2v) is 5.30. The van der Waals surface area contributed by atoms with E-state index in [0.717, 1.165) is 12.2 Å². The van der Waals surface area contributed by atoms with Crippen LogP contribution in [0.3, 0.4) is 0 Å². The molecule has 0 N–H and O–H groups in total. The van der Waals surface area contributed by atoms with Crippen molar-refractivity contribution in [3.63, 3.8) is 0 Å². The number of ether oxygens (including phenoxy) is 1. The summed E-state index contributed by atoms with van der Waals surface area (Å²) in [6.45, 7) is 9.01. The van der Waals surface area contributed by atoms with Crippen LogP contribution in [0, 0.1) is 12.0 Å². The molecule has 0 atom stereocenters. The SMILES string of the molecule is CC(C)Cc1c[c-]c(C2=NC(C)(C)CO2)o1.[Li+]. The van der Waals surface area contributed by atoms with Gasteiger partial charge in [-0.05, 0) is 20.3 Å². The Labute approximate surface area is 115 Å². The Morgan fingerprint density at radius 2 is 2.18 bits per heavy atom. The van der Waals surface area contributed by atoms with Crippen LogP contribution in [-0.4, -0.2) is 18.0 Å². The van der Waals surface area contributed by atoms with Crippen LogP contribution in [0.1, 0.15) is 39.2 Å². The molecular weight excluding hydrogens is 209 g/mol. The molecule has 0 saturated heterocycles. The molecule has 0 unspecified atom stereocenters. The summed E-state index contributed by atoms with van der Waals surface area (Å²) in [7, 11) is 0. The Hall–Kier alpha value is -0.653. The van der Waals surface area contributed by atoms with Crippen LogP contribution >= 0.6 is 0 Å². The van der Waals surface area contributed by atoms with E-state index in [9.17, 15) is 0 Å². The van der Waals surface area contributed by atoms with E-state index in [1.165, 1.54) is 0 Å². The molecule has 1 aromatic heterocycles. The van der Waals surface area contributed by atoms with Gasteiger partial charge < -0.3 is 14.1 Å². The van der Waals surface area contributed by atoms with Crippen molar-refractivity contribution in [2.45, 2.75) is 39.7 Å². The predicted molar refractivity (Wildman–Crippen MR) is 62.7 cm³/mol. The van der Waals surface area contributed by atoms with Crippen LogP contribution in [0.5, 0.6) is 0 Å². The van der Waals surface area contributed by atoms with Gasteiger partial charge in [0.1, 0.15) is 5.90 Å². The second kappa shape index (κ2) is 5.33. The van der Waals surface area contributed by atoms with Crippen molar-refractivity contribution in [1.82, 2.24) is 0 Å². The normalized spacial score (nSPS) is 17.6. The maximum Gasteiger partial charge on any atom is 1.00 e. The smallest absolute Gasteiger partial charge is 0.539 e. The molecule has 88 valence electrons. The summed E-state index contributed by atoms with van der Waals surface area (Å²) >= 11 is 0. The Morgan fingerprint density at radius 3 is 2.71 bits per heavy atom. The topological polar surface area (TPSA) is 34.7 Å². The monoisotopic (exact) mass is 227 g/mol. The molecule has 0 aliphatic carbocycles. The molecule has 0 fully saturated rings. The van der Waals surface area contributed by atoms with Gasteiger partial charge >= 0.3 is 18.9 Å². The van der Waals surface area contributed by atoms with Gasteiger partial charge in [-0.25, -0.2) is 0 Å². The van der Waals surface area contributed by atoms with Crippen molar-refractivity contribution in [2.24, 2.45) is 10.9 Å². The van der Waals surface area contributed by atoms with Gasteiger partial charge in [0.15, 0.2) is 0 Å². The molecular formula is C13H18LiNO2. The fourth-order valence-corrected chi connectivity index (χ4v) is 1.65. The van der Waals surface area contributed by atoms with Crippen molar-refractivity contribution in [2.75, 3.05) is 6.61 Å². The number of nitrogens with zero attached hydrogens (tertiary/aromatic N) is 1. The molecule has 0 saturated carbocycles. The first-order valence-corrected chi connectivity index (χ1v) is 5.70. The van der Waals surface area contributed by atoms with E-state index in [4.69, 9.17) is 9.15 Å². The Bertz CT molecular complexity index is 407. The second-order valence-electron chi connectivity index (χ2n) is 5.30. The molecule has 0 spiro atoms. The van der Waals surface area contributed by atoms with Crippen LogP contribution in [0.15, 0.2) is 15.5 Å². The number of hydrogen-bond acceptors (Lipinski definition) is 3. The van der Waals surface area contributed by atoms with Crippen LogP contribution in [0.25, 0.3) is 0 Å². The van der Waals surface area contributed by atoms with Crippen LogP contribution in [0.2, 0.25) is 0 Å². The maximum atomic E-state index is 5.66. The molecule has 2 heterocycles. The minimum Gasteiger partial charge on any atom is -0.539 e.